The van der Waals surface area contributed by atoms with Gasteiger partial charge in [-0.15, -0.1) is 0 Å². The molecule has 0 spiro atoms. The average molecular weight is 533 g/mol. The zero-order valence-corrected chi connectivity index (χ0v) is 23.0. The Hall–Kier alpha value is -3.08. The molecule has 5 rings (SSSR count). The molecule has 1 aliphatic carbocycles. The Balaban J connectivity index is 1.65. The fourth-order valence-corrected chi connectivity index (χ4v) is 5.96. The van der Waals surface area contributed by atoms with E-state index < -0.39 is 6.04 Å². The second kappa shape index (κ2) is 9.66. The largest absolute Gasteiger partial charge is 0.357 e. The van der Waals surface area contributed by atoms with Gasteiger partial charge >= 0.3 is 0 Å². The van der Waals surface area contributed by atoms with E-state index in [4.69, 9.17) is 23.2 Å². The minimum absolute atomic E-state index is 0.00807. The van der Waals surface area contributed by atoms with Crippen molar-refractivity contribution in [1.29, 1.82) is 0 Å². The zero-order valence-electron chi connectivity index (χ0n) is 21.4. The lowest BCUT2D eigenvalue weighted by atomic mass is 9.77. The predicted octanol–water partition coefficient (Wildman–Crippen LogP) is 8.21. The lowest BCUT2D eigenvalue weighted by Gasteiger charge is -2.35. The summed E-state index contributed by atoms with van der Waals surface area (Å²) in [5.74, 6) is -0.134. The van der Waals surface area contributed by atoms with E-state index in [1.165, 1.54) is 12.5 Å². The van der Waals surface area contributed by atoms with E-state index in [9.17, 15) is 9.59 Å². The van der Waals surface area contributed by atoms with Crippen LogP contribution in [0.25, 0.3) is 0 Å². The number of halogens is 2. The molecular formula is C31H30Cl2N2O2. The van der Waals surface area contributed by atoms with Gasteiger partial charge in [0, 0.05) is 34.7 Å². The number of anilines is 2. The number of carbonyl (C=O) groups is 2. The highest BCUT2D eigenvalue weighted by Gasteiger charge is 2.41. The number of para-hydroxylation sites is 2. The standard InChI is InChI=1S/C31H30Cl2N2O2/c1-18(36)35-27-8-6-5-7-25(27)34-26-15-20(19-9-11-21(12-10-19)31(2,3)4)16-28(37)29(26)30(35)23-14-13-22(32)17-24(23)33/h5-14,17,20,30,34H,15-16H2,1-4H3/t20-,30+/m0/s1. The number of hydrogen-bond donors (Lipinski definition) is 1. The summed E-state index contributed by atoms with van der Waals surface area (Å²) in [6.07, 6.45) is 1.01. The molecule has 2 atom stereocenters. The number of nitrogens with one attached hydrogen (secondary N) is 1. The molecule has 0 unspecified atom stereocenters. The lowest BCUT2D eigenvalue weighted by Crippen LogP contribution is -2.37. The number of ketones is 1. The number of carbonyl (C=O) groups excluding carboxylic acids is 2. The highest BCUT2D eigenvalue weighted by Crippen LogP contribution is 2.48. The third-order valence-corrected chi connectivity index (χ3v) is 7.90. The van der Waals surface area contributed by atoms with Crippen LogP contribution in [0.5, 0.6) is 0 Å². The van der Waals surface area contributed by atoms with Crippen LogP contribution in [-0.2, 0) is 15.0 Å². The van der Waals surface area contributed by atoms with E-state index in [1.807, 2.05) is 30.3 Å². The Labute approximate surface area is 228 Å². The Morgan fingerprint density at radius 2 is 1.68 bits per heavy atom. The van der Waals surface area contributed by atoms with E-state index in [1.54, 1.807) is 17.0 Å². The summed E-state index contributed by atoms with van der Waals surface area (Å²) in [5.41, 5.74) is 6.03. The first-order chi connectivity index (χ1) is 17.5. The molecule has 2 aliphatic rings. The number of allylic oxidation sites excluding steroid dienone is 1. The Morgan fingerprint density at radius 1 is 0.973 bits per heavy atom. The highest BCUT2D eigenvalue weighted by molar-refractivity contribution is 6.35. The molecule has 0 bridgehead atoms. The van der Waals surface area contributed by atoms with Gasteiger partial charge in [-0.25, -0.2) is 0 Å². The maximum atomic E-state index is 14.0. The van der Waals surface area contributed by atoms with Crippen LogP contribution in [0.1, 0.15) is 69.2 Å². The van der Waals surface area contributed by atoms with Gasteiger partial charge in [0.25, 0.3) is 0 Å². The number of Topliss-reactive ketones (excluding diaryl/α,β-unsaturated/α-hetero) is 1. The van der Waals surface area contributed by atoms with Crippen LogP contribution in [0, 0.1) is 0 Å². The van der Waals surface area contributed by atoms with Crippen LogP contribution in [0.4, 0.5) is 11.4 Å². The van der Waals surface area contributed by atoms with Crippen LogP contribution < -0.4 is 10.2 Å². The first-order valence-corrected chi connectivity index (χ1v) is 13.3. The van der Waals surface area contributed by atoms with Crippen LogP contribution in [0.15, 0.2) is 78.0 Å². The monoisotopic (exact) mass is 532 g/mol. The third kappa shape index (κ3) is 4.81. The SMILES string of the molecule is CC(=O)N1c2ccccc2NC2=C(C(=O)C[C@@H](c3ccc(C(C)(C)C)cc3)C2)[C@H]1c1ccc(Cl)cc1Cl. The zero-order chi connectivity index (χ0) is 26.5. The van der Waals surface area contributed by atoms with Crippen molar-refractivity contribution in [3.8, 4) is 0 Å². The smallest absolute Gasteiger partial charge is 0.224 e. The molecule has 0 saturated heterocycles. The van der Waals surface area contributed by atoms with E-state index in [2.05, 4.69) is 50.4 Å². The van der Waals surface area contributed by atoms with Gasteiger partial charge in [0.05, 0.1) is 17.4 Å². The van der Waals surface area contributed by atoms with Crippen molar-refractivity contribution in [2.75, 3.05) is 10.2 Å². The van der Waals surface area contributed by atoms with Gasteiger partial charge in [0.1, 0.15) is 0 Å². The van der Waals surface area contributed by atoms with Crippen LogP contribution in [0.2, 0.25) is 10.0 Å². The van der Waals surface area contributed by atoms with Gasteiger partial charge in [0.2, 0.25) is 5.91 Å². The van der Waals surface area contributed by atoms with Crippen molar-refractivity contribution in [2.45, 2.75) is 57.9 Å². The third-order valence-electron chi connectivity index (χ3n) is 7.33. The predicted molar refractivity (Wildman–Crippen MR) is 152 cm³/mol. The van der Waals surface area contributed by atoms with E-state index in [-0.39, 0.29) is 23.0 Å². The summed E-state index contributed by atoms with van der Waals surface area (Å²) in [6, 6.07) is 20.8. The molecule has 1 amide bonds. The highest BCUT2D eigenvalue weighted by atomic mass is 35.5. The summed E-state index contributed by atoms with van der Waals surface area (Å²) in [5, 5.41) is 4.46. The molecule has 1 heterocycles. The maximum Gasteiger partial charge on any atom is 0.224 e. The first kappa shape index (κ1) is 25.6. The number of fused-ring (bicyclic) bond motifs is 1. The molecule has 0 fully saturated rings. The molecule has 190 valence electrons. The van der Waals surface area contributed by atoms with Crippen molar-refractivity contribution in [3.05, 3.63) is 105 Å². The number of hydrogen-bond acceptors (Lipinski definition) is 3. The van der Waals surface area contributed by atoms with E-state index >= 15 is 0 Å². The summed E-state index contributed by atoms with van der Waals surface area (Å²) in [7, 11) is 0. The Morgan fingerprint density at radius 3 is 2.32 bits per heavy atom. The van der Waals surface area contributed by atoms with Gasteiger partial charge in [-0.1, -0.05) is 86.4 Å². The minimum Gasteiger partial charge on any atom is -0.357 e. The summed E-state index contributed by atoms with van der Waals surface area (Å²) >= 11 is 12.9. The van der Waals surface area contributed by atoms with Gasteiger partial charge in [-0.05, 0) is 58.7 Å². The van der Waals surface area contributed by atoms with Gasteiger partial charge in [-0.2, -0.15) is 0 Å². The van der Waals surface area contributed by atoms with Gasteiger partial charge in [0.15, 0.2) is 5.78 Å². The molecule has 3 aromatic rings. The normalized spacial score (nSPS) is 19.6. The minimum atomic E-state index is -0.662. The van der Waals surface area contributed by atoms with Crippen LogP contribution in [-0.4, -0.2) is 11.7 Å². The quantitative estimate of drug-likeness (QED) is 0.361. The Kier molecular flexibility index (Phi) is 6.68. The number of nitrogens with zero attached hydrogens (tertiary/aromatic N) is 1. The number of amides is 1. The fourth-order valence-electron chi connectivity index (χ4n) is 5.45. The molecule has 37 heavy (non-hydrogen) atoms. The summed E-state index contributed by atoms with van der Waals surface area (Å²) in [4.78, 5) is 28.8. The molecule has 4 nitrogen and oxygen atoms in total. The van der Waals surface area contributed by atoms with Crippen molar-refractivity contribution in [2.24, 2.45) is 0 Å². The van der Waals surface area contributed by atoms with Crippen LogP contribution in [0.3, 0.4) is 0 Å². The molecule has 0 saturated carbocycles. The molecular weight excluding hydrogens is 503 g/mol. The van der Waals surface area contributed by atoms with Crippen LogP contribution >= 0.6 is 23.2 Å². The topological polar surface area (TPSA) is 49.4 Å². The van der Waals surface area contributed by atoms with E-state index in [0.717, 1.165) is 16.9 Å². The molecule has 1 N–H and O–H groups in total. The fraction of sp³-hybridized carbons (Fsp3) is 0.290. The molecule has 1 aliphatic heterocycles. The second-order valence-corrected chi connectivity index (χ2v) is 11.7. The van der Waals surface area contributed by atoms with Crippen molar-refractivity contribution >= 4 is 46.3 Å². The molecule has 0 aromatic heterocycles. The number of rotatable bonds is 2. The summed E-state index contributed by atoms with van der Waals surface area (Å²) in [6.45, 7) is 8.10. The van der Waals surface area contributed by atoms with Crippen molar-refractivity contribution in [3.63, 3.8) is 0 Å². The average Bonchev–Trinajstić information content (AvgIpc) is 2.98. The lowest BCUT2D eigenvalue weighted by molar-refractivity contribution is -0.117. The molecule has 3 aromatic carbocycles. The van der Waals surface area contributed by atoms with E-state index in [0.29, 0.717) is 39.7 Å². The molecule has 0 radical (unpaired) electrons. The first-order valence-electron chi connectivity index (χ1n) is 12.5. The van der Waals surface area contributed by atoms with Crippen molar-refractivity contribution in [1.82, 2.24) is 0 Å². The Bertz CT molecular complexity index is 1420. The number of benzene rings is 3. The van der Waals surface area contributed by atoms with Crippen molar-refractivity contribution < 1.29 is 9.59 Å². The van der Waals surface area contributed by atoms with Gasteiger partial charge < -0.3 is 5.32 Å². The maximum absolute atomic E-state index is 14.0. The molecule has 6 heteroatoms. The van der Waals surface area contributed by atoms with Gasteiger partial charge in [-0.3, -0.25) is 14.5 Å². The summed E-state index contributed by atoms with van der Waals surface area (Å²) < 4.78 is 0. The second-order valence-electron chi connectivity index (χ2n) is 10.9.